The van der Waals surface area contributed by atoms with Gasteiger partial charge in [-0.15, -0.1) is 0 Å². The van der Waals surface area contributed by atoms with Gasteiger partial charge in [-0.05, 0) is 22.8 Å². The van der Waals surface area contributed by atoms with Crippen molar-refractivity contribution in [1.82, 2.24) is 0 Å². The predicted molar refractivity (Wildman–Crippen MR) is 69.7 cm³/mol. The molecule has 0 fully saturated rings. The molecule has 1 nitrogen and oxygen atoms in total. The number of hydrogen-bond acceptors (Lipinski definition) is 1. The van der Waals surface area contributed by atoms with Gasteiger partial charge in [0, 0.05) is 11.6 Å². The molecule has 0 saturated carbocycles. The largest absolute Gasteiger partial charge is 0.260 e. The van der Waals surface area contributed by atoms with E-state index in [1.165, 1.54) is 16.3 Å². The van der Waals surface area contributed by atoms with Crippen LogP contribution in [0.5, 0.6) is 0 Å². The first-order valence-corrected chi connectivity index (χ1v) is 5.73. The fraction of sp³-hybridized carbons (Fsp3) is 0.267. The molecule has 80 valence electrons. The van der Waals surface area contributed by atoms with Crippen LogP contribution < -0.4 is 0 Å². The number of hydrogen-bond donors (Lipinski definition) is 0. The first kappa shape index (κ1) is 9.59. The van der Waals surface area contributed by atoms with Gasteiger partial charge in [0.2, 0.25) is 0 Å². The van der Waals surface area contributed by atoms with E-state index >= 15 is 0 Å². The van der Waals surface area contributed by atoms with Crippen LogP contribution in [0.1, 0.15) is 25.8 Å². The van der Waals surface area contributed by atoms with E-state index in [9.17, 15) is 0 Å². The van der Waals surface area contributed by atoms with E-state index < -0.39 is 0 Å². The Hall–Kier alpha value is -1.63. The standard InChI is InChI=1S/C15H15N/c1-15(2)9-10-16-14-12-6-4-3-5-11(12)7-8-13(14)15/h3-8,10H,9H2,1-2H3. The van der Waals surface area contributed by atoms with Crippen molar-refractivity contribution in [3.63, 3.8) is 0 Å². The molecule has 0 amide bonds. The summed E-state index contributed by atoms with van der Waals surface area (Å²) in [7, 11) is 0. The Morgan fingerprint density at radius 2 is 1.88 bits per heavy atom. The summed E-state index contributed by atoms with van der Waals surface area (Å²) in [6, 6.07) is 12.9. The molecule has 0 N–H and O–H groups in total. The van der Waals surface area contributed by atoms with Gasteiger partial charge in [-0.25, -0.2) is 0 Å². The van der Waals surface area contributed by atoms with E-state index in [2.05, 4.69) is 61.5 Å². The zero-order valence-electron chi connectivity index (χ0n) is 9.70. The topological polar surface area (TPSA) is 12.4 Å². The number of nitrogens with zero attached hydrogens (tertiary/aromatic N) is 1. The minimum atomic E-state index is 0.209. The highest BCUT2D eigenvalue weighted by Gasteiger charge is 2.26. The molecule has 1 heteroatoms. The van der Waals surface area contributed by atoms with E-state index in [4.69, 9.17) is 0 Å². The molecule has 0 unspecified atom stereocenters. The van der Waals surface area contributed by atoms with Crippen molar-refractivity contribution in [2.24, 2.45) is 4.99 Å². The van der Waals surface area contributed by atoms with Gasteiger partial charge in [-0.1, -0.05) is 50.2 Å². The molecular weight excluding hydrogens is 194 g/mol. The third kappa shape index (κ3) is 1.28. The van der Waals surface area contributed by atoms with Crippen molar-refractivity contribution >= 4 is 22.7 Å². The van der Waals surface area contributed by atoms with E-state index in [0.29, 0.717) is 0 Å². The van der Waals surface area contributed by atoms with Crippen molar-refractivity contribution in [3.8, 4) is 0 Å². The molecule has 2 aromatic carbocycles. The lowest BCUT2D eigenvalue weighted by Crippen LogP contribution is -2.20. The maximum absolute atomic E-state index is 4.59. The van der Waals surface area contributed by atoms with E-state index in [1.807, 2.05) is 0 Å². The molecule has 0 bridgehead atoms. The van der Waals surface area contributed by atoms with E-state index in [-0.39, 0.29) is 5.41 Å². The zero-order chi connectivity index (χ0) is 11.2. The summed E-state index contributed by atoms with van der Waals surface area (Å²) in [6.07, 6.45) is 3.08. The van der Waals surface area contributed by atoms with Crippen molar-refractivity contribution in [3.05, 3.63) is 42.0 Å². The average molecular weight is 209 g/mol. The SMILES string of the molecule is CC1(C)CC=Nc2c1ccc1ccccc21. The van der Waals surface area contributed by atoms with Crippen LogP contribution in [-0.4, -0.2) is 6.21 Å². The molecule has 0 spiro atoms. The Morgan fingerprint density at radius 3 is 2.75 bits per heavy atom. The van der Waals surface area contributed by atoms with Gasteiger partial charge in [0.25, 0.3) is 0 Å². The molecule has 0 aliphatic carbocycles. The van der Waals surface area contributed by atoms with Crippen LogP contribution >= 0.6 is 0 Å². The summed E-state index contributed by atoms with van der Waals surface area (Å²) in [5.41, 5.74) is 2.74. The second-order valence-corrected chi connectivity index (χ2v) is 5.08. The Labute approximate surface area is 95.8 Å². The highest BCUT2D eigenvalue weighted by molar-refractivity contribution is 5.96. The van der Waals surface area contributed by atoms with Crippen LogP contribution in [0.25, 0.3) is 10.8 Å². The molecule has 3 rings (SSSR count). The van der Waals surface area contributed by atoms with Gasteiger partial charge in [0.15, 0.2) is 0 Å². The predicted octanol–water partition coefficient (Wildman–Crippen LogP) is 4.22. The van der Waals surface area contributed by atoms with Gasteiger partial charge in [0.1, 0.15) is 0 Å². The molecule has 0 radical (unpaired) electrons. The summed E-state index contributed by atoms with van der Waals surface area (Å²) < 4.78 is 0. The van der Waals surface area contributed by atoms with Gasteiger partial charge in [-0.3, -0.25) is 4.99 Å². The molecule has 0 saturated heterocycles. The zero-order valence-corrected chi connectivity index (χ0v) is 9.70. The molecule has 1 aliphatic heterocycles. The second-order valence-electron chi connectivity index (χ2n) is 5.08. The molecule has 0 aromatic heterocycles. The minimum absolute atomic E-state index is 0.209. The maximum atomic E-state index is 4.59. The van der Waals surface area contributed by atoms with Crippen molar-refractivity contribution in [2.75, 3.05) is 0 Å². The second kappa shape index (κ2) is 3.18. The van der Waals surface area contributed by atoms with E-state index in [0.717, 1.165) is 12.1 Å². The Balaban J connectivity index is 2.40. The lowest BCUT2D eigenvalue weighted by Gasteiger charge is -2.28. The first-order valence-electron chi connectivity index (χ1n) is 5.73. The molecule has 0 atom stereocenters. The Morgan fingerprint density at radius 1 is 1.06 bits per heavy atom. The smallest absolute Gasteiger partial charge is 0.0741 e. The first-order chi connectivity index (χ1) is 7.68. The quantitative estimate of drug-likeness (QED) is 0.616. The molecule has 16 heavy (non-hydrogen) atoms. The lowest BCUT2D eigenvalue weighted by atomic mass is 9.78. The highest BCUT2D eigenvalue weighted by Crippen LogP contribution is 2.41. The highest BCUT2D eigenvalue weighted by atomic mass is 14.8. The summed E-state index contributed by atoms with van der Waals surface area (Å²) in [4.78, 5) is 4.59. The Bertz CT molecular complexity index is 579. The van der Waals surface area contributed by atoms with Crippen LogP contribution in [0.2, 0.25) is 0 Å². The van der Waals surface area contributed by atoms with Crippen LogP contribution in [0.4, 0.5) is 5.69 Å². The monoisotopic (exact) mass is 209 g/mol. The van der Waals surface area contributed by atoms with Gasteiger partial charge < -0.3 is 0 Å². The minimum Gasteiger partial charge on any atom is -0.260 e. The van der Waals surface area contributed by atoms with Gasteiger partial charge >= 0.3 is 0 Å². The van der Waals surface area contributed by atoms with E-state index in [1.54, 1.807) is 0 Å². The normalized spacial score (nSPS) is 17.4. The fourth-order valence-electron chi connectivity index (χ4n) is 2.42. The average Bonchev–Trinajstić information content (AvgIpc) is 2.28. The summed E-state index contributed by atoms with van der Waals surface area (Å²) in [5, 5.41) is 2.54. The lowest BCUT2D eigenvalue weighted by molar-refractivity contribution is 0.550. The summed E-state index contributed by atoms with van der Waals surface area (Å²) in [5.74, 6) is 0. The molecular formula is C15H15N. The number of benzene rings is 2. The molecule has 2 aromatic rings. The number of rotatable bonds is 0. The third-order valence-corrected chi connectivity index (χ3v) is 3.45. The van der Waals surface area contributed by atoms with Crippen molar-refractivity contribution in [2.45, 2.75) is 25.7 Å². The van der Waals surface area contributed by atoms with Crippen LogP contribution in [0.15, 0.2) is 41.4 Å². The fourth-order valence-corrected chi connectivity index (χ4v) is 2.42. The van der Waals surface area contributed by atoms with Crippen LogP contribution in [0.3, 0.4) is 0 Å². The molecule has 1 aliphatic rings. The van der Waals surface area contributed by atoms with Crippen molar-refractivity contribution in [1.29, 1.82) is 0 Å². The van der Waals surface area contributed by atoms with Crippen LogP contribution in [-0.2, 0) is 5.41 Å². The maximum Gasteiger partial charge on any atom is 0.0741 e. The summed E-state index contributed by atoms with van der Waals surface area (Å²) >= 11 is 0. The van der Waals surface area contributed by atoms with Gasteiger partial charge in [-0.2, -0.15) is 0 Å². The van der Waals surface area contributed by atoms with Gasteiger partial charge in [0.05, 0.1) is 5.69 Å². The third-order valence-electron chi connectivity index (χ3n) is 3.45. The number of fused-ring (bicyclic) bond motifs is 3. The molecule has 1 heterocycles. The van der Waals surface area contributed by atoms with Crippen LogP contribution in [0, 0.1) is 0 Å². The summed E-state index contributed by atoms with van der Waals surface area (Å²) in [6.45, 7) is 4.57. The Kier molecular flexibility index (Phi) is 1.90. The number of aliphatic imine (C=N–C) groups is 1. The van der Waals surface area contributed by atoms with Crippen molar-refractivity contribution < 1.29 is 0 Å².